The lowest BCUT2D eigenvalue weighted by molar-refractivity contribution is -0.142. The predicted molar refractivity (Wildman–Crippen MR) is 228 cm³/mol. The molecule has 0 radical (unpaired) electrons. The first-order valence-electron chi connectivity index (χ1n) is 20.2. The first-order chi connectivity index (χ1) is 28.7. The Morgan fingerprint density at radius 2 is 1.22 bits per heavy atom. The van der Waals surface area contributed by atoms with Gasteiger partial charge in [-0.25, -0.2) is 4.79 Å². The molecule has 4 aromatic carbocycles. The van der Waals surface area contributed by atoms with E-state index in [9.17, 15) is 33.6 Å². The lowest BCUT2D eigenvalue weighted by Gasteiger charge is -2.27. The molecule has 0 fully saturated rings. The van der Waals surface area contributed by atoms with Crippen molar-refractivity contribution in [1.82, 2.24) is 26.6 Å². The number of alkyl carbamates (subject to hydrolysis) is 1. The topological polar surface area (TPSA) is 215 Å². The van der Waals surface area contributed by atoms with Crippen molar-refractivity contribution < 1.29 is 38.3 Å². The van der Waals surface area contributed by atoms with E-state index in [1.807, 2.05) is 80.6 Å². The van der Waals surface area contributed by atoms with Gasteiger partial charge in [-0.05, 0) is 52.1 Å². The summed E-state index contributed by atoms with van der Waals surface area (Å²) in [6.07, 6.45) is 0.499. The number of hydrogen-bond donors (Lipinski definition) is 6. The van der Waals surface area contributed by atoms with Crippen LogP contribution in [0.1, 0.15) is 63.6 Å². The molecule has 0 heterocycles. The zero-order chi connectivity index (χ0) is 43.6. The van der Waals surface area contributed by atoms with Crippen LogP contribution < -0.4 is 32.3 Å². The highest BCUT2D eigenvalue weighted by Crippen LogP contribution is 2.17. The lowest BCUT2D eigenvalue weighted by atomic mass is 9.94. The van der Waals surface area contributed by atoms with E-state index in [0.717, 1.165) is 27.5 Å². The SMILES string of the molecule is CC[C@H](C)C(NC(=O)[C@H](CCC(C)C)NC(=O)[C@H](Cc1ccccc1)NC(=O)OCc1ccccc1)C(=O)C(=O)NCC(=O)N[C@@H](Cc1ccc2ccccc2c1)C(N)=O. The summed E-state index contributed by atoms with van der Waals surface area (Å²) in [6.45, 7) is 6.74. The molecule has 5 atom stereocenters. The zero-order valence-corrected chi connectivity index (χ0v) is 34.6. The van der Waals surface area contributed by atoms with Gasteiger partial charge >= 0.3 is 6.09 Å². The largest absolute Gasteiger partial charge is 0.445 e. The minimum absolute atomic E-state index is 0.0188. The molecule has 0 bridgehead atoms. The zero-order valence-electron chi connectivity index (χ0n) is 34.6. The van der Waals surface area contributed by atoms with Crippen molar-refractivity contribution in [3.05, 3.63) is 120 Å². The number of hydrogen-bond acceptors (Lipinski definition) is 8. The minimum Gasteiger partial charge on any atom is -0.445 e. The highest BCUT2D eigenvalue weighted by Gasteiger charge is 2.35. The number of fused-ring (bicyclic) bond motifs is 1. The Hall–Kier alpha value is -6.57. The van der Waals surface area contributed by atoms with Crippen molar-refractivity contribution in [2.24, 2.45) is 17.6 Å². The molecule has 0 saturated carbocycles. The monoisotopic (exact) mass is 820 g/mol. The molecule has 7 N–H and O–H groups in total. The number of ketones is 1. The van der Waals surface area contributed by atoms with Gasteiger partial charge in [0.2, 0.25) is 29.4 Å². The fraction of sp³-hybridized carbons (Fsp3) is 0.370. The van der Waals surface area contributed by atoms with Crippen LogP contribution in [0.4, 0.5) is 4.79 Å². The summed E-state index contributed by atoms with van der Waals surface area (Å²) < 4.78 is 5.39. The fourth-order valence-electron chi connectivity index (χ4n) is 6.42. The highest BCUT2D eigenvalue weighted by molar-refractivity contribution is 6.38. The van der Waals surface area contributed by atoms with Crippen LogP contribution in [0.2, 0.25) is 0 Å². The molecule has 0 aromatic heterocycles. The third-order valence-corrected chi connectivity index (χ3v) is 10.1. The van der Waals surface area contributed by atoms with E-state index in [0.29, 0.717) is 12.8 Å². The number of Topliss-reactive ketones (excluding diaryl/α,β-unsaturated/α-hetero) is 1. The number of carbonyl (C=O) groups excluding carboxylic acids is 7. The Morgan fingerprint density at radius 3 is 1.85 bits per heavy atom. The molecule has 0 aliphatic carbocycles. The Balaban J connectivity index is 1.41. The number of nitrogens with one attached hydrogen (secondary N) is 5. The summed E-state index contributed by atoms with van der Waals surface area (Å²) in [5.41, 5.74) is 7.87. The first-order valence-corrected chi connectivity index (χ1v) is 20.2. The lowest BCUT2D eigenvalue weighted by Crippen LogP contribution is -2.58. The Bertz CT molecular complexity index is 2090. The number of benzene rings is 4. The molecule has 318 valence electrons. The summed E-state index contributed by atoms with van der Waals surface area (Å²) in [6, 6.07) is 26.7. The van der Waals surface area contributed by atoms with E-state index in [1.54, 1.807) is 50.2 Å². The Morgan fingerprint density at radius 1 is 0.617 bits per heavy atom. The van der Waals surface area contributed by atoms with E-state index >= 15 is 0 Å². The molecule has 0 aliphatic heterocycles. The molecule has 0 spiro atoms. The van der Waals surface area contributed by atoms with Crippen LogP contribution >= 0.6 is 0 Å². The number of primary amides is 1. The van der Waals surface area contributed by atoms with Gasteiger partial charge in [0.1, 0.15) is 24.7 Å². The second-order valence-corrected chi connectivity index (χ2v) is 15.3. The molecular formula is C46H56N6O8. The Labute approximate surface area is 350 Å². The van der Waals surface area contributed by atoms with Gasteiger partial charge in [-0.15, -0.1) is 0 Å². The molecule has 0 saturated heterocycles. The van der Waals surface area contributed by atoms with Crippen molar-refractivity contribution >= 4 is 52.2 Å². The van der Waals surface area contributed by atoms with Crippen molar-refractivity contribution in [3.63, 3.8) is 0 Å². The maximum absolute atomic E-state index is 14.0. The number of rotatable bonds is 22. The summed E-state index contributed by atoms with van der Waals surface area (Å²) in [5.74, 6) is -5.35. The quantitative estimate of drug-likeness (QED) is 0.0636. The van der Waals surface area contributed by atoms with Crippen molar-refractivity contribution in [3.8, 4) is 0 Å². The summed E-state index contributed by atoms with van der Waals surface area (Å²) >= 11 is 0. The van der Waals surface area contributed by atoms with Crippen LogP contribution in [0.3, 0.4) is 0 Å². The molecule has 14 nitrogen and oxygen atoms in total. The van der Waals surface area contributed by atoms with Gasteiger partial charge in [0.05, 0.1) is 12.6 Å². The van der Waals surface area contributed by atoms with E-state index in [1.165, 1.54) is 0 Å². The van der Waals surface area contributed by atoms with E-state index in [4.69, 9.17) is 10.5 Å². The van der Waals surface area contributed by atoms with Crippen molar-refractivity contribution in [2.75, 3.05) is 6.54 Å². The smallest absolute Gasteiger partial charge is 0.408 e. The molecule has 4 rings (SSSR count). The number of carbonyl (C=O) groups is 7. The van der Waals surface area contributed by atoms with Gasteiger partial charge < -0.3 is 37.1 Å². The van der Waals surface area contributed by atoms with Gasteiger partial charge in [-0.2, -0.15) is 0 Å². The minimum atomic E-state index is -1.30. The third-order valence-electron chi connectivity index (χ3n) is 10.1. The second kappa shape index (κ2) is 23.1. The summed E-state index contributed by atoms with van der Waals surface area (Å²) in [7, 11) is 0. The molecule has 60 heavy (non-hydrogen) atoms. The van der Waals surface area contributed by atoms with Crippen LogP contribution in [-0.2, 0) is 53.0 Å². The predicted octanol–water partition coefficient (Wildman–Crippen LogP) is 4.03. The van der Waals surface area contributed by atoms with Crippen LogP contribution in [-0.4, -0.2) is 72.1 Å². The molecule has 14 heteroatoms. The second-order valence-electron chi connectivity index (χ2n) is 15.3. The standard InChI is InChI=1S/C46H56N6O8/c1-5-30(4)40(41(54)45(58)48-27-39(53)49-37(42(47)55)26-33-21-22-34-18-12-13-19-35(34)24-33)52-43(56)36(23-20-29(2)3)50-44(57)38(25-31-14-8-6-9-15-31)51-46(59)60-28-32-16-10-7-11-17-32/h6-19,21-22,24,29-30,36-38,40H,5,20,23,25-28H2,1-4H3,(H2,47,55)(H,48,58)(H,49,53)(H,50,57)(H,51,59)(H,52,56)/t30-,36-,37-,38-,40?/m0/s1. The van der Waals surface area contributed by atoms with Gasteiger partial charge in [0.25, 0.3) is 5.91 Å². The van der Waals surface area contributed by atoms with E-state index in [-0.39, 0.29) is 31.8 Å². The molecular weight excluding hydrogens is 765 g/mol. The molecule has 1 unspecified atom stereocenters. The summed E-state index contributed by atoms with van der Waals surface area (Å²) in [4.78, 5) is 92.7. The number of ether oxygens (including phenoxy) is 1. The van der Waals surface area contributed by atoms with Gasteiger partial charge in [0.15, 0.2) is 0 Å². The third kappa shape index (κ3) is 14.7. The average Bonchev–Trinajstić information content (AvgIpc) is 3.24. The van der Waals surface area contributed by atoms with Crippen LogP contribution in [0, 0.1) is 11.8 Å². The van der Waals surface area contributed by atoms with Gasteiger partial charge in [-0.3, -0.25) is 28.8 Å². The maximum Gasteiger partial charge on any atom is 0.408 e. The number of nitrogens with two attached hydrogens (primary N) is 1. The van der Waals surface area contributed by atoms with Crippen LogP contribution in [0.5, 0.6) is 0 Å². The van der Waals surface area contributed by atoms with Crippen LogP contribution in [0.25, 0.3) is 10.8 Å². The van der Waals surface area contributed by atoms with Crippen molar-refractivity contribution in [1.29, 1.82) is 0 Å². The van der Waals surface area contributed by atoms with Crippen LogP contribution in [0.15, 0.2) is 103 Å². The maximum atomic E-state index is 14.0. The van der Waals surface area contributed by atoms with Crippen molar-refractivity contribution in [2.45, 2.75) is 90.6 Å². The van der Waals surface area contributed by atoms with E-state index in [2.05, 4.69) is 26.6 Å². The molecule has 0 aliphatic rings. The molecule has 6 amide bonds. The summed E-state index contributed by atoms with van der Waals surface area (Å²) in [5, 5.41) is 14.9. The normalized spacial score (nSPS) is 13.5. The average molecular weight is 821 g/mol. The molecule has 4 aromatic rings. The fourth-order valence-corrected chi connectivity index (χ4v) is 6.42. The van der Waals surface area contributed by atoms with E-state index < -0.39 is 78.0 Å². The first kappa shape index (κ1) is 46.1. The number of amides is 6. The van der Waals surface area contributed by atoms with Gasteiger partial charge in [0, 0.05) is 12.8 Å². The Kier molecular flexibility index (Phi) is 17.8. The van der Waals surface area contributed by atoms with Gasteiger partial charge in [-0.1, -0.05) is 137 Å². The highest BCUT2D eigenvalue weighted by atomic mass is 16.5.